The number of rotatable bonds is 9. The van der Waals surface area contributed by atoms with E-state index >= 15 is 0 Å². The third-order valence-electron chi connectivity index (χ3n) is 4.28. The number of hydrogen-bond acceptors (Lipinski definition) is 5. The van der Waals surface area contributed by atoms with Crippen molar-refractivity contribution in [2.24, 2.45) is 0 Å². The first-order valence-corrected chi connectivity index (χ1v) is 8.79. The van der Waals surface area contributed by atoms with Gasteiger partial charge in [-0.1, -0.05) is 24.3 Å². The Hall–Kier alpha value is -2.08. The summed E-state index contributed by atoms with van der Waals surface area (Å²) in [6.07, 6.45) is -1.04. The van der Waals surface area contributed by atoms with Crippen molar-refractivity contribution in [1.29, 1.82) is 0 Å². The Morgan fingerprint density at radius 3 is 1.38 bits per heavy atom. The zero-order valence-electron chi connectivity index (χ0n) is 15.6. The minimum absolute atomic E-state index is 0.0469. The first kappa shape index (κ1) is 20.2. The van der Waals surface area contributed by atoms with Gasteiger partial charge in [-0.2, -0.15) is 0 Å². The molecule has 0 aliphatic heterocycles. The smallest absolute Gasteiger partial charge is 0.119 e. The highest BCUT2D eigenvalue weighted by atomic mass is 16.5. The predicted molar refractivity (Wildman–Crippen MR) is 101 cm³/mol. The van der Waals surface area contributed by atoms with Gasteiger partial charge in [0.2, 0.25) is 0 Å². The van der Waals surface area contributed by atoms with Crippen LogP contribution in [0.3, 0.4) is 0 Å². The molecule has 0 amide bonds. The summed E-state index contributed by atoms with van der Waals surface area (Å²) in [4.78, 5) is 0. The van der Waals surface area contributed by atoms with E-state index in [2.05, 4.69) is 0 Å². The van der Waals surface area contributed by atoms with Crippen molar-refractivity contribution in [2.75, 3.05) is 19.8 Å². The highest BCUT2D eigenvalue weighted by Gasteiger charge is 2.28. The topological polar surface area (TPSA) is 79.2 Å². The van der Waals surface area contributed by atoms with Crippen LogP contribution in [0.5, 0.6) is 11.5 Å². The maximum absolute atomic E-state index is 10.1. The van der Waals surface area contributed by atoms with Gasteiger partial charge in [0.15, 0.2) is 0 Å². The number of aliphatic hydroxyl groups excluding tert-OH is 3. The van der Waals surface area contributed by atoms with Gasteiger partial charge in [-0.25, -0.2) is 0 Å². The lowest BCUT2D eigenvalue weighted by molar-refractivity contribution is 0.122. The average Bonchev–Trinajstić information content (AvgIpc) is 2.65. The third-order valence-corrected chi connectivity index (χ3v) is 4.28. The quantitative estimate of drug-likeness (QED) is 0.640. The second-order valence-electron chi connectivity index (χ2n) is 6.86. The fourth-order valence-corrected chi connectivity index (χ4v) is 2.62. The Balaban J connectivity index is 2.16. The van der Waals surface area contributed by atoms with Crippen molar-refractivity contribution in [3.8, 4) is 11.5 Å². The Morgan fingerprint density at radius 1 is 0.769 bits per heavy atom. The second kappa shape index (κ2) is 9.03. The molecule has 2 rings (SSSR count). The molecule has 0 fully saturated rings. The van der Waals surface area contributed by atoms with E-state index in [1.165, 1.54) is 0 Å². The van der Waals surface area contributed by atoms with Crippen molar-refractivity contribution in [1.82, 2.24) is 0 Å². The lowest BCUT2D eigenvalue weighted by Crippen LogP contribution is -2.28. The molecule has 142 valence electrons. The van der Waals surface area contributed by atoms with Gasteiger partial charge in [0, 0.05) is 5.41 Å². The Labute approximate surface area is 154 Å². The van der Waals surface area contributed by atoms with E-state index in [-0.39, 0.29) is 19.8 Å². The molecule has 0 aliphatic carbocycles. The first-order chi connectivity index (χ1) is 12.3. The summed E-state index contributed by atoms with van der Waals surface area (Å²) in [6.45, 7) is 5.76. The van der Waals surface area contributed by atoms with Crippen molar-refractivity contribution < 1.29 is 24.8 Å². The summed E-state index contributed by atoms with van der Waals surface area (Å²) >= 11 is 0. The van der Waals surface area contributed by atoms with E-state index in [0.29, 0.717) is 11.5 Å². The molecule has 0 aromatic heterocycles. The normalized spacial score (nSPS) is 15.8. The summed E-state index contributed by atoms with van der Waals surface area (Å²) < 4.78 is 11.0. The van der Waals surface area contributed by atoms with Gasteiger partial charge in [-0.3, -0.25) is 0 Å². The molecule has 0 spiro atoms. The number of ether oxygens (including phenoxy) is 2. The van der Waals surface area contributed by atoms with Crippen LogP contribution in [0.15, 0.2) is 48.5 Å². The van der Waals surface area contributed by atoms with Crippen LogP contribution in [0.25, 0.3) is 0 Å². The van der Waals surface area contributed by atoms with Gasteiger partial charge in [0.25, 0.3) is 0 Å². The molecule has 5 heteroatoms. The summed E-state index contributed by atoms with van der Waals surface area (Å²) in [6, 6.07) is 15.0. The van der Waals surface area contributed by atoms with Gasteiger partial charge in [0.1, 0.15) is 24.7 Å². The standard InChI is InChI=1S/C21H28O5/c1-15(23)12-25-19-8-4-17(5-9-19)21(3,14-22)18-6-10-20(11-7-18)26-13-16(2)24/h4-11,15-16,22-24H,12-14H2,1-3H3. The van der Waals surface area contributed by atoms with E-state index in [1.807, 2.05) is 55.5 Å². The molecule has 2 unspecified atom stereocenters. The van der Waals surface area contributed by atoms with Gasteiger partial charge < -0.3 is 24.8 Å². The molecular weight excluding hydrogens is 332 g/mol. The van der Waals surface area contributed by atoms with Crippen LogP contribution in [0, 0.1) is 0 Å². The maximum atomic E-state index is 10.1. The molecular formula is C21H28O5. The van der Waals surface area contributed by atoms with Crippen LogP contribution in [-0.2, 0) is 5.41 Å². The molecule has 26 heavy (non-hydrogen) atoms. The Morgan fingerprint density at radius 2 is 1.12 bits per heavy atom. The van der Waals surface area contributed by atoms with Crippen molar-refractivity contribution in [3.63, 3.8) is 0 Å². The van der Waals surface area contributed by atoms with Crippen LogP contribution >= 0.6 is 0 Å². The zero-order chi connectivity index (χ0) is 19.2. The summed E-state index contributed by atoms with van der Waals surface area (Å²) in [5.74, 6) is 1.36. The largest absolute Gasteiger partial charge is 0.491 e. The van der Waals surface area contributed by atoms with E-state index in [0.717, 1.165) is 11.1 Å². The molecule has 5 nitrogen and oxygen atoms in total. The highest BCUT2D eigenvalue weighted by Crippen LogP contribution is 2.33. The van der Waals surface area contributed by atoms with Crippen molar-refractivity contribution in [3.05, 3.63) is 59.7 Å². The van der Waals surface area contributed by atoms with Crippen LogP contribution in [0.1, 0.15) is 31.9 Å². The fourth-order valence-electron chi connectivity index (χ4n) is 2.62. The van der Waals surface area contributed by atoms with E-state index in [9.17, 15) is 15.3 Å². The van der Waals surface area contributed by atoms with Gasteiger partial charge >= 0.3 is 0 Å². The van der Waals surface area contributed by atoms with E-state index in [1.54, 1.807) is 13.8 Å². The minimum atomic E-state index is -0.564. The van der Waals surface area contributed by atoms with Gasteiger partial charge in [-0.15, -0.1) is 0 Å². The SMILES string of the molecule is CC(O)COc1ccc(C(C)(CO)c2ccc(OCC(C)O)cc2)cc1. The molecule has 2 atom stereocenters. The summed E-state index contributed by atoms with van der Waals surface area (Å²) in [5, 5.41) is 28.6. The summed E-state index contributed by atoms with van der Waals surface area (Å²) in [7, 11) is 0. The Kier molecular flexibility index (Phi) is 7.03. The van der Waals surface area contributed by atoms with Gasteiger partial charge in [0.05, 0.1) is 18.8 Å². The molecule has 0 heterocycles. The minimum Gasteiger partial charge on any atom is -0.491 e. The summed E-state index contributed by atoms with van der Waals surface area (Å²) in [5.41, 5.74) is 1.36. The number of benzene rings is 2. The molecule has 0 saturated heterocycles. The lowest BCUT2D eigenvalue weighted by atomic mass is 9.77. The van der Waals surface area contributed by atoms with E-state index in [4.69, 9.17) is 9.47 Å². The van der Waals surface area contributed by atoms with E-state index < -0.39 is 17.6 Å². The average molecular weight is 360 g/mol. The molecule has 2 aromatic rings. The number of aliphatic hydroxyl groups is 3. The zero-order valence-corrected chi connectivity index (χ0v) is 15.6. The number of hydrogen-bond donors (Lipinski definition) is 3. The monoisotopic (exact) mass is 360 g/mol. The molecule has 0 saturated carbocycles. The van der Waals surface area contributed by atoms with Crippen LogP contribution < -0.4 is 9.47 Å². The van der Waals surface area contributed by atoms with Crippen LogP contribution in [0.4, 0.5) is 0 Å². The highest BCUT2D eigenvalue weighted by molar-refractivity contribution is 5.42. The van der Waals surface area contributed by atoms with Crippen molar-refractivity contribution in [2.45, 2.75) is 38.4 Å². The maximum Gasteiger partial charge on any atom is 0.119 e. The predicted octanol–water partition coefficient (Wildman–Crippen LogP) is 2.50. The molecule has 0 bridgehead atoms. The fraction of sp³-hybridized carbons (Fsp3) is 0.429. The van der Waals surface area contributed by atoms with Gasteiger partial charge in [-0.05, 0) is 56.2 Å². The third kappa shape index (κ3) is 5.21. The van der Waals surface area contributed by atoms with Crippen molar-refractivity contribution >= 4 is 0 Å². The molecule has 0 radical (unpaired) electrons. The Bertz CT molecular complexity index is 606. The molecule has 0 aliphatic rings. The first-order valence-electron chi connectivity index (χ1n) is 8.79. The van der Waals surface area contributed by atoms with Crippen LogP contribution in [0.2, 0.25) is 0 Å². The lowest BCUT2D eigenvalue weighted by Gasteiger charge is -2.29. The second-order valence-corrected chi connectivity index (χ2v) is 6.86. The molecule has 3 N–H and O–H groups in total. The molecule has 2 aromatic carbocycles. The van der Waals surface area contributed by atoms with Crippen LogP contribution in [-0.4, -0.2) is 47.3 Å².